The predicted molar refractivity (Wildman–Crippen MR) is 144 cm³/mol. The second kappa shape index (κ2) is 7.73. The Morgan fingerprint density at radius 3 is 1.69 bits per heavy atom. The first kappa shape index (κ1) is 20.3. The number of benzene rings is 4. The fourth-order valence-corrected chi connectivity index (χ4v) is 5.75. The minimum Gasteiger partial charge on any atom is -0.311 e. The lowest BCUT2D eigenvalue weighted by molar-refractivity contribution is 0.883. The molecule has 0 radical (unpaired) electrons. The van der Waals surface area contributed by atoms with Crippen LogP contribution in [0, 0.1) is 22.7 Å². The van der Waals surface area contributed by atoms with Crippen LogP contribution in [0.1, 0.15) is 28.8 Å². The second-order valence-corrected chi connectivity index (χ2v) is 9.13. The van der Waals surface area contributed by atoms with Gasteiger partial charge in [-0.25, -0.2) is 0 Å². The van der Waals surface area contributed by atoms with E-state index in [1.165, 1.54) is 16.6 Å². The summed E-state index contributed by atoms with van der Waals surface area (Å²) in [6, 6.07) is 33.5. The molecule has 0 N–H and O–H groups in total. The third-order valence-electron chi connectivity index (χ3n) is 7.27. The van der Waals surface area contributed by atoms with E-state index in [-0.39, 0.29) is 0 Å². The minimum absolute atomic E-state index is 0.378. The lowest BCUT2D eigenvalue weighted by atomic mass is 10.0. The predicted octanol–water partition coefficient (Wildman–Crippen LogP) is 7.43. The van der Waals surface area contributed by atoms with Gasteiger partial charge in [0, 0.05) is 27.4 Å². The van der Waals surface area contributed by atoms with Crippen LogP contribution in [0.3, 0.4) is 0 Å². The second-order valence-electron chi connectivity index (χ2n) is 9.13. The molecule has 0 spiro atoms. The van der Waals surface area contributed by atoms with Crippen LogP contribution in [0.25, 0.3) is 50.2 Å². The summed E-state index contributed by atoms with van der Waals surface area (Å²) >= 11 is 0. The van der Waals surface area contributed by atoms with Gasteiger partial charge in [0.15, 0.2) is 0 Å². The quantitative estimate of drug-likeness (QED) is 0.270. The average Bonchev–Trinajstić information content (AvgIpc) is 3.45. The van der Waals surface area contributed by atoms with Crippen molar-refractivity contribution in [2.75, 3.05) is 0 Å². The van der Waals surface area contributed by atoms with Crippen molar-refractivity contribution >= 4 is 38.8 Å². The summed E-state index contributed by atoms with van der Waals surface area (Å²) in [5.41, 5.74) is 8.26. The van der Waals surface area contributed by atoms with Gasteiger partial charge in [-0.1, -0.05) is 66.7 Å². The Morgan fingerprint density at radius 1 is 0.611 bits per heavy atom. The highest BCUT2D eigenvalue weighted by molar-refractivity contribution is 6.09. The molecular formula is C32H20N4. The molecule has 0 aliphatic heterocycles. The lowest BCUT2D eigenvalue weighted by Gasteiger charge is -2.20. The van der Waals surface area contributed by atoms with Gasteiger partial charge < -0.3 is 9.13 Å². The van der Waals surface area contributed by atoms with Crippen LogP contribution in [0.15, 0.2) is 91.0 Å². The maximum Gasteiger partial charge on any atom is 0.101 e. The SMILES string of the molecule is N#Cc1cc(-n2c3c(c4ccccc42)C=CCC3)c(-n2c3ccccc3c3ccccc32)cc1C#N. The number of allylic oxidation sites excluding steroid dienone is 1. The van der Waals surface area contributed by atoms with Gasteiger partial charge in [-0.15, -0.1) is 0 Å². The molecule has 7 rings (SSSR count). The van der Waals surface area contributed by atoms with Crippen molar-refractivity contribution in [3.8, 4) is 23.5 Å². The van der Waals surface area contributed by atoms with Gasteiger partial charge in [0.05, 0.1) is 39.1 Å². The van der Waals surface area contributed by atoms with Gasteiger partial charge in [-0.2, -0.15) is 10.5 Å². The number of hydrogen-bond acceptors (Lipinski definition) is 2. The summed E-state index contributed by atoms with van der Waals surface area (Å²) in [5.74, 6) is 0. The highest BCUT2D eigenvalue weighted by Crippen LogP contribution is 2.39. The summed E-state index contributed by atoms with van der Waals surface area (Å²) in [6.45, 7) is 0. The Labute approximate surface area is 208 Å². The van der Waals surface area contributed by atoms with Crippen LogP contribution in [0.2, 0.25) is 0 Å². The van der Waals surface area contributed by atoms with Crippen LogP contribution < -0.4 is 0 Å². The number of hydrogen-bond donors (Lipinski definition) is 0. The van der Waals surface area contributed by atoms with E-state index in [2.05, 4.69) is 94.1 Å². The van der Waals surface area contributed by atoms with E-state index in [1.807, 2.05) is 24.3 Å². The molecule has 4 aromatic carbocycles. The maximum absolute atomic E-state index is 9.96. The van der Waals surface area contributed by atoms with Crippen molar-refractivity contribution in [3.05, 3.63) is 113 Å². The highest BCUT2D eigenvalue weighted by Gasteiger charge is 2.23. The van der Waals surface area contributed by atoms with Crippen molar-refractivity contribution < 1.29 is 0 Å². The molecule has 0 atom stereocenters. The Hall–Kier alpha value is -5.06. The fourth-order valence-electron chi connectivity index (χ4n) is 5.75. The largest absolute Gasteiger partial charge is 0.311 e. The number of nitriles is 2. The van der Waals surface area contributed by atoms with Crippen LogP contribution in [0.5, 0.6) is 0 Å². The van der Waals surface area contributed by atoms with E-state index in [9.17, 15) is 10.5 Å². The van der Waals surface area contributed by atoms with Crippen LogP contribution >= 0.6 is 0 Å². The molecule has 168 valence electrons. The molecule has 4 nitrogen and oxygen atoms in total. The van der Waals surface area contributed by atoms with Gasteiger partial charge in [-0.3, -0.25) is 0 Å². The zero-order chi connectivity index (χ0) is 24.2. The molecule has 0 fully saturated rings. The number of aromatic nitrogens is 2. The van der Waals surface area contributed by atoms with Crippen LogP contribution in [0.4, 0.5) is 0 Å². The van der Waals surface area contributed by atoms with Crippen molar-refractivity contribution in [3.63, 3.8) is 0 Å². The van der Waals surface area contributed by atoms with Crippen LogP contribution in [-0.2, 0) is 6.42 Å². The van der Waals surface area contributed by atoms with E-state index in [0.29, 0.717) is 11.1 Å². The number of para-hydroxylation sites is 3. The van der Waals surface area contributed by atoms with Crippen molar-refractivity contribution in [2.45, 2.75) is 12.8 Å². The smallest absolute Gasteiger partial charge is 0.101 e. The normalized spacial score (nSPS) is 12.6. The molecular weight excluding hydrogens is 440 g/mol. The van der Waals surface area contributed by atoms with E-state index in [0.717, 1.165) is 51.5 Å². The minimum atomic E-state index is 0.378. The standard InChI is InChI=1S/C32H20N4/c33-19-21-17-31(35-27-13-5-1-9-23(27)24-10-2-6-14-28(24)35)32(18-22(21)20-34)36-29-15-7-3-11-25(29)26-12-4-8-16-30(26)36/h1-7,9-15,17-18H,8,16H2. The van der Waals surface area contributed by atoms with Crippen molar-refractivity contribution in [1.29, 1.82) is 10.5 Å². The number of rotatable bonds is 2. The first-order valence-corrected chi connectivity index (χ1v) is 12.1. The molecule has 0 bridgehead atoms. The molecule has 0 saturated carbocycles. The molecule has 1 aliphatic rings. The summed E-state index contributed by atoms with van der Waals surface area (Å²) < 4.78 is 4.54. The third kappa shape index (κ3) is 2.73. The van der Waals surface area contributed by atoms with Crippen LogP contribution in [-0.4, -0.2) is 9.13 Å². The Bertz CT molecular complexity index is 1910. The van der Waals surface area contributed by atoms with Gasteiger partial charge in [-0.05, 0) is 43.2 Å². The zero-order valence-electron chi connectivity index (χ0n) is 19.4. The number of nitrogens with zero attached hydrogens (tertiary/aromatic N) is 4. The van der Waals surface area contributed by atoms with E-state index in [4.69, 9.17) is 0 Å². The topological polar surface area (TPSA) is 57.4 Å². The molecule has 6 aromatic rings. The van der Waals surface area contributed by atoms with Gasteiger partial charge in [0.1, 0.15) is 12.1 Å². The lowest BCUT2D eigenvalue weighted by Crippen LogP contribution is -2.09. The van der Waals surface area contributed by atoms with Gasteiger partial charge in [0.25, 0.3) is 0 Å². The average molecular weight is 461 g/mol. The van der Waals surface area contributed by atoms with Crippen molar-refractivity contribution in [2.24, 2.45) is 0 Å². The van der Waals surface area contributed by atoms with E-state index in [1.54, 1.807) is 0 Å². The molecule has 4 heteroatoms. The summed E-state index contributed by atoms with van der Waals surface area (Å²) in [6.07, 6.45) is 6.32. The third-order valence-corrected chi connectivity index (χ3v) is 7.27. The molecule has 0 saturated heterocycles. The van der Waals surface area contributed by atoms with E-state index < -0.39 is 0 Å². The fraction of sp³-hybridized carbons (Fsp3) is 0.0625. The Balaban J connectivity index is 1.69. The summed E-state index contributed by atoms with van der Waals surface area (Å²) in [5, 5.41) is 23.4. The zero-order valence-corrected chi connectivity index (χ0v) is 19.4. The first-order chi connectivity index (χ1) is 17.8. The first-order valence-electron chi connectivity index (χ1n) is 12.1. The summed E-state index contributed by atoms with van der Waals surface area (Å²) in [7, 11) is 0. The van der Waals surface area contributed by atoms with E-state index >= 15 is 0 Å². The molecule has 0 unspecified atom stereocenters. The Kier molecular flexibility index (Phi) is 4.37. The molecule has 1 aliphatic carbocycles. The molecule has 36 heavy (non-hydrogen) atoms. The highest BCUT2D eigenvalue weighted by atomic mass is 15.1. The number of fused-ring (bicyclic) bond motifs is 6. The molecule has 2 aromatic heterocycles. The Morgan fingerprint density at radius 2 is 1.11 bits per heavy atom. The van der Waals surface area contributed by atoms with Gasteiger partial charge in [0.2, 0.25) is 0 Å². The monoisotopic (exact) mass is 460 g/mol. The maximum atomic E-state index is 9.96. The van der Waals surface area contributed by atoms with Crippen molar-refractivity contribution in [1.82, 2.24) is 9.13 Å². The molecule has 2 heterocycles. The summed E-state index contributed by atoms with van der Waals surface area (Å²) in [4.78, 5) is 0. The molecule has 0 amide bonds. The van der Waals surface area contributed by atoms with Gasteiger partial charge >= 0.3 is 0 Å².